The number of benzene rings is 1. The molecule has 14 heavy (non-hydrogen) atoms. The summed E-state index contributed by atoms with van der Waals surface area (Å²) < 4.78 is 29.7. The fourth-order valence-electron chi connectivity index (χ4n) is 1.37. The van der Waals surface area contributed by atoms with E-state index in [0.717, 1.165) is 16.7 Å². The Morgan fingerprint density at radius 3 is 2.43 bits per heavy atom. The summed E-state index contributed by atoms with van der Waals surface area (Å²) in [4.78, 5) is 0. The van der Waals surface area contributed by atoms with Crippen molar-refractivity contribution in [1.82, 2.24) is 0 Å². The molecular formula is C10H14O3S. The van der Waals surface area contributed by atoms with Gasteiger partial charge in [0, 0.05) is 0 Å². The molecule has 0 aliphatic heterocycles. The van der Waals surface area contributed by atoms with Crippen molar-refractivity contribution in [2.24, 2.45) is 0 Å². The fraction of sp³-hybridized carbons (Fsp3) is 0.400. The highest BCUT2D eigenvalue weighted by Gasteiger charge is 2.06. The Morgan fingerprint density at radius 1 is 1.29 bits per heavy atom. The van der Waals surface area contributed by atoms with Crippen molar-refractivity contribution in [1.29, 1.82) is 0 Å². The van der Waals surface area contributed by atoms with Crippen LogP contribution in [0.5, 0.6) is 0 Å². The van der Waals surface area contributed by atoms with Crippen molar-refractivity contribution < 1.29 is 13.0 Å². The maximum atomic E-state index is 10.5. The van der Waals surface area contributed by atoms with Crippen LogP contribution in [0.15, 0.2) is 18.2 Å². The smallest absolute Gasteiger partial charge is 0.265 e. The molecule has 0 aromatic heterocycles. The predicted molar refractivity (Wildman–Crippen MR) is 56.0 cm³/mol. The Kier molecular flexibility index (Phi) is 3.29. The third-order valence-corrected chi connectivity index (χ3v) is 2.85. The Bertz CT molecular complexity index is 421. The molecule has 0 amide bonds. The highest BCUT2D eigenvalue weighted by Crippen LogP contribution is 2.11. The van der Waals surface area contributed by atoms with Crippen LogP contribution in [0.2, 0.25) is 0 Å². The zero-order chi connectivity index (χ0) is 10.8. The van der Waals surface area contributed by atoms with E-state index >= 15 is 0 Å². The van der Waals surface area contributed by atoms with E-state index in [1.54, 1.807) is 0 Å². The molecule has 0 saturated carbocycles. The number of hydrogen-bond donors (Lipinski definition) is 1. The summed E-state index contributed by atoms with van der Waals surface area (Å²) in [6.45, 7) is 3.92. The Hall–Kier alpha value is -0.870. The molecular weight excluding hydrogens is 200 g/mol. The maximum absolute atomic E-state index is 10.5. The first-order chi connectivity index (χ1) is 6.38. The van der Waals surface area contributed by atoms with Crippen molar-refractivity contribution in [3.63, 3.8) is 0 Å². The summed E-state index contributed by atoms with van der Waals surface area (Å²) in [7, 11) is -3.85. The summed E-state index contributed by atoms with van der Waals surface area (Å²) in [5, 5.41) is 0. The highest BCUT2D eigenvalue weighted by molar-refractivity contribution is 7.85. The molecule has 0 atom stereocenters. The predicted octanol–water partition coefficient (Wildman–Crippen LogP) is 1.73. The van der Waals surface area contributed by atoms with Crippen LogP contribution in [-0.4, -0.2) is 18.7 Å². The van der Waals surface area contributed by atoms with Gasteiger partial charge in [0.25, 0.3) is 10.1 Å². The lowest BCUT2D eigenvalue weighted by atomic mass is 10.0. The van der Waals surface area contributed by atoms with Gasteiger partial charge in [0.15, 0.2) is 0 Å². The molecule has 1 aromatic carbocycles. The largest absolute Gasteiger partial charge is 0.286 e. The summed E-state index contributed by atoms with van der Waals surface area (Å²) in [5.74, 6) is -0.211. The second-order valence-electron chi connectivity index (χ2n) is 3.47. The average Bonchev–Trinajstić information content (AvgIpc) is 2.00. The summed E-state index contributed by atoms with van der Waals surface area (Å²) in [6.07, 6.45) is 0.366. The van der Waals surface area contributed by atoms with Crippen molar-refractivity contribution in [3.05, 3.63) is 34.9 Å². The molecule has 0 fully saturated rings. The lowest BCUT2D eigenvalue weighted by molar-refractivity contribution is 0.482. The van der Waals surface area contributed by atoms with Gasteiger partial charge in [0.1, 0.15) is 0 Å². The molecule has 3 nitrogen and oxygen atoms in total. The molecule has 0 spiro atoms. The third-order valence-electron chi connectivity index (χ3n) is 2.13. The number of rotatable bonds is 3. The monoisotopic (exact) mass is 214 g/mol. The van der Waals surface area contributed by atoms with E-state index in [9.17, 15) is 8.42 Å². The van der Waals surface area contributed by atoms with Gasteiger partial charge in [-0.2, -0.15) is 8.42 Å². The van der Waals surface area contributed by atoms with E-state index in [4.69, 9.17) is 4.55 Å². The quantitative estimate of drug-likeness (QED) is 0.780. The van der Waals surface area contributed by atoms with E-state index in [0.29, 0.717) is 6.42 Å². The zero-order valence-electron chi connectivity index (χ0n) is 8.32. The molecule has 1 rings (SSSR count). The molecule has 0 aliphatic rings. The molecule has 78 valence electrons. The Morgan fingerprint density at radius 2 is 1.93 bits per heavy atom. The van der Waals surface area contributed by atoms with E-state index in [1.165, 1.54) is 0 Å². The number of hydrogen-bond acceptors (Lipinski definition) is 2. The first kappa shape index (κ1) is 11.2. The van der Waals surface area contributed by atoms with E-state index < -0.39 is 10.1 Å². The average molecular weight is 214 g/mol. The van der Waals surface area contributed by atoms with Crippen LogP contribution >= 0.6 is 0 Å². The van der Waals surface area contributed by atoms with Gasteiger partial charge in [-0.1, -0.05) is 23.8 Å². The van der Waals surface area contributed by atoms with E-state index in [2.05, 4.69) is 0 Å². The lowest BCUT2D eigenvalue weighted by Crippen LogP contribution is -2.07. The van der Waals surface area contributed by atoms with Crippen LogP contribution in [0.3, 0.4) is 0 Å². The Labute approximate surface area is 84.5 Å². The van der Waals surface area contributed by atoms with Crippen LogP contribution in [0.4, 0.5) is 0 Å². The third kappa shape index (κ3) is 3.47. The SMILES string of the molecule is Cc1ccc(CCS(=O)(=O)O)c(C)c1. The van der Waals surface area contributed by atoms with Crippen LogP contribution in [0.1, 0.15) is 16.7 Å². The topological polar surface area (TPSA) is 54.4 Å². The van der Waals surface area contributed by atoms with Crippen LogP contribution in [-0.2, 0) is 16.5 Å². The first-order valence-electron chi connectivity index (χ1n) is 4.40. The number of aryl methyl sites for hydroxylation is 3. The van der Waals surface area contributed by atoms with Crippen LogP contribution in [0, 0.1) is 13.8 Å². The molecule has 0 bridgehead atoms. The molecule has 0 unspecified atom stereocenters. The first-order valence-corrected chi connectivity index (χ1v) is 6.01. The van der Waals surface area contributed by atoms with E-state index in [-0.39, 0.29) is 5.75 Å². The molecule has 0 saturated heterocycles. The second kappa shape index (κ2) is 4.11. The standard InChI is InChI=1S/C10H14O3S/c1-8-3-4-10(9(2)7-8)5-6-14(11,12)13/h3-4,7H,5-6H2,1-2H3,(H,11,12,13). The van der Waals surface area contributed by atoms with Gasteiger partial charge in [-0.15, -0.1) is 0 Å². The molecule has 1 aromatic rings. The normalized spacial score (nSPS) is 11.6. The Balaban J connectivity index is 2.78. The summed E-state index contributed by atoms with van der Waals surface area (Å²) in [6, 6.07) is 5.83. The fourth-order valence-corrected chi connectivity index (χ4v) is 1.84. The van der Waals surface area contributed by atoms with Crippen molar-refractivity contribution >= 4 is 10.1 Å². The minimum absolute atomic E-state index is 0.211. The second-order valence-corrected chi connectivity index (χ2v) is 5.04. The molecule has 0 radical (unpaired) electrons. The van der Waals surface area contributed by atoms with Crippen molar-refractivity contribution in [3.8, 4) is 0 Å². The van der Waals surface area contributed by atoms with Gasteiger partial charge in [-0.3, -0.25) is 4.55 Å². The lowest BCUT2D eigenvalue weighted by Gasteiger charge is -2.05. The van der Waals surface area contributed by atoms with Crippen molar-refractivity contribution in [2.45, 2.75) is 20.3 Å². The molecule has 0 aliphatic carbocycles. The van der Waals surface area contributed by atoms with Gasteiger partial charge in [-0.25, -0.2) is 0 Å². The van der Waals surface area contributed by atoms with Gasteiger partial charge >= 0.3 is 0 Å². The van der Waals surface area contributed by atoms with Crippen LogP contribution in [0.25, 0.3) is 0 Å². The highest BCUT2D eigenvalue weighted by atomic mass is 32.2. The van der Waals surface area contributed by atoms with E-state index in [1.807, 2.05) is 32.0 Å². The summed E-state index contributed by atoms with van der Waals surface area (Å²) in [5.41, 5.74) is 3.18. The van der Waals surface area contributed by atoms with Crippen molar-refractivity contribution in [2.75, 3.05) is 5.75 Å². The minimum Gasteiger partial charge on any atom is -0.286 e. The van der Waals surface area contributed by atoms with Gasteiger partial charge < -0.3 is 0 Å². The minimum atomic E-state index is -3.85. The molecule has 0 heterocycles. The van der Waals surface area contributed by atoms with Gasteiger partial charge in [0.2, 0.25) is 0 Å². The summed E-state index contributed by atoms with van der Waals surface area (Å²) >= 11 is 0. The zero-order valence-corrected chi connectivity index (χ0v) is 9.13. The maximum Gasteiger partial charge on any atom is 0.265 e. The van der Waals surface area contributed by atoms with Crippen LogP contribution < -0.4 is 0 Å². The molecule has 4 heteroatoms. The molecule has 1 N–H and O–H groups in total. The van der Waals surface area contributed by atoms with Gasteiger partial charge in [0.05, 0.1) is 5.75 Å². The van der Waals surface area contributed by atoms with Gasteiger partial charge in [-0.05, 0) is 31.4 Å².